The van der Waals surface area contributed by atoms with Crippen molar-refractivity contribution in [1.29, 1.82) is 0 Å². The first-order valence-electron chi connectivity index (χ1n) is 5.74. The number of aromatic nitrogens is 1. The van der Waals surface area contributed by atoms with E-state index in [-0.39, 0.29) is 18.4 Å². The van der Waals surface area contributed by atoms with E-state index in [0.717, 1.165) is 5.56 Å². The number of benzene rings is 1. The second-order valence-corrected chi connectivity index (χ2v) is 3.87. The van der Waals surface area contributed by atoms with Gasteiger partial charge < -0.3 is 15.2 Å². The molecule has 2 aromatic rings. The van der Waals surface area contributed by atoms with E-state index >= 15 is 0 Å². The summed E-state index contributed by atoms with van der Waals surface area (Å²) in [7, 11) is 1.46. The van der Waals surface area contributed by atoms with Gasteiger partial charge in [-0.15, -0.1) is 0 Å². The first-order valence-corrected chi connectivity index (χ1v) is 5.74. The zero-order valence-electron chi connectivity index (χ0n) is 10.5. The first kappa shape index (κ1) is 13.0. The molecule has 0 radical (unpaired) electrons. The average Bonchev–Trinajstić information content (AvgIpc) is 2.47. The number of nitrogens with zero attached hydrogens (tertiary/aromatic N) is 1. The van der Waals surface area contributed by atoms with E-state index in [9.17, 15) is 4.79 Å². The van der Waals surface area contributed by atoms with Crippen LogP contribution in [0, 0.1) is 0 Å². The highest BCUT2D eigenvalue weighted by molar-refractivity contribution is 6.05. The summed E-state index contributed by atoms with van der Waals surface area (Å²) in [6.07, 6.45) is 1.56. The van der Waals surface area contributed by atoms with Crippen LogP contribution in [0.2, 0.25) is 0 Å². The third kappa shape index (κ3) is 3.08. The number of carbonyl (C=O) groups excluding carboxylic acids is 1. The number of amides is 1. The number of aliphatic hydroxyl groups excluding tert-OH is 1. The SMILES string of the molecule is COc1ncccc1C(=O)Nc1cccc(CO)c1. The van der Waals surface area contributed by atoms with Crippen molar-refractivity contribution in [3.63, 3.8) is 0 Å². The minimum atomic E-state index is -0.306. The fourth-order valence-electron chi connectivity index (χ4n) is 1.67. The van der Waals surface area contributed by atoms with E-state index in [1.165, 1.54) is 7.11 Å². The molecule has 0 aliphatic carbocycles. The molecule has 98 valence electrons. The minimum absolute atomic E-state index is 0.0695. The van der Waals surface area contributed by atoms with Crippen LogP contribution in [-0.2, 0) is 6.61 Å². The quantitative estimate of drug-likeness (QED) is 0.877. The van der Waals surface area contributed by atoms with Crippen LogP contribution in [0.4, 0.5) is 5.69 Å². The maximum atomic E-state index is 12.1. The lowest BCUT2D eigenvalue weighted by molar-refractivity contribution is 0.102. The molecule has 0 spiro atoms. The second kappa shape index (κ2) is 5.97. The monoisotopic (exact) mass is 258 g/mol. The Morgan fingerprint density at radius 1 is 1.37 bits per heavy atom. The molecule has 1 aromatic heterocycles. The van der Waals surface area contributed by atoms with Gasteiger partial charge in [0.05, 0.1) is 13.7 Å². The predicted octanol–water partition coefficient (Wildman–Crippen LogP) is 1.83. The molecule has 0 bridgehead atoms. The Bertz CT molecular complexity index is 584. The first-order chi connectivity index (χ1) is 9.24. The molecule has 0 aliphatic rings. The summed E-state index contributed by atoms with van der Waals surface area (Å²) in [6, 6.07) is 10.3. The summed E-state index contributed by atoms with van der Waals surface area (Å²) >= 11 is 0. The van der Waals surface area contributed by atoms with E-state index in [2.05, 4.69) is 10.3 Å². The highest BCUT2D eigenvalue weighted by Crippen LogP contribution is 2.17. The molecule has 0 fully saturated rings. The number of hydrogen-bond donors (Lipinski definition) is 2. The van der Waals surface area contributed by atoms with Gasteiger partial charge in [-0.3, -0.25) is 4.79 Å². The van der Waals surface area contributed by atoms with Gasteiger partial charge in [-0.1, -0.05) is 12.1 Å². The van der Waals surface area contributed by atoms with Crippen molar-refractivity contribution < 1.29 is 14.6 Å². The summed E-state index contributed by atoms with van der Waals surface area (Å²) in [5, 5.41) is 11.8. The molecule has 0 aliphatic heterocycles. The van der Waals surface area contributed by atoms with Gasteiger partial charge in [0.25, 0.3) is 5.91 Å². The molecule has 1 amide bonds. The Kier molecular flexibility index (Phi) is 4.10. The van der Waals surface area contributed by atoms with Crippen LogP contribution in [0.15, 0.2) is 42.6 Å². The topological polar surface area (TPSA) is 71.5 Å². The molecule has 0 unspecified atom stereocenters. The van der Waals surface area contributed by atoms with E-state index < -0.39 is 0 Å². The summed E-state index contributed by atoms with van der Waals surface area (Å²) < 4.78 is 5.04. The molecule has 19 heavy (non-hydrogen) atoms. The van der Waals surface area contributed by atoms with Crippen LogP contribution in [0.1, 0.15) is 15.9 Å². The number of rotatable bonds is 4. The normalized spacial score (nSPS) is 10.0. The lowest BCUT2D eigenvalue weighted by Crippen LogP contribution is -2.13. The average molecular weight is 258 g/mol. The van der Waals surface area contributed by atoms with Gasteiger partial charge in [0.2, 0.25) is 5.88 Å². The predicted molar refractivity (Wildman–Crippen MR) is 71.1 cm³/mol. The summed E-state index contributed by atoms with van der Waals surface area (Å²) in [5.74, 6) is -0.0293. The largest absolute Gasteiger partial charge is 0.480 e. The Morgan fingerprint density at radius 3 is 2.95 bits per heavy atom. The lowest BCUT2D eigenvalue weighted by Gasteiger charge is -2.08. The van der Waals surface area contributed by atoms with Crippen molar-refractivity contribution in [2.75, 3.05) is 12.4 Å². The zero-order chi connectivity index (χ0) is 13.7. The number of nitrogens with one attached hydrogen (secondary N) is 1. The van der Waals surface area contributed by atoms with Gasteiger partial charge in [0.15, 0.2) is 0 Å². The molecular formula is C14H14N2O3. The van der Waals surface area contributed by atoms with E-state index in [1.807, 2.05) is 0 Å². The highest BCUT2D eigenvalue weighted by Gasteiger charge is 2.12. The molecule has 0 saturated heterocycles. The smallest absolute Gasteiger partial charge is 0.261 e. The Labute approximate surface area is 110 Å². The van der Waals surface area contributed by atoms with Gasteiger partial charge in [0, 0.05) is 11.9 Å². The Hall–Kier alpha value is -2.40. The molecule has 0 atom stereocenters. The van der Waals surface area contributed by atoms with Crippen molar-refractivity contribution in [2.45, 2.75) is 6.61 Å². The number of aliphatic hydroxyl groups is 1. The fourth-order valence-corrected chi connectivity index (χ4v) is 1.67. The Balaban J connectivity index is 2.20. The third-order valence-corrected chi connectivity index (χ3v) is 2.58. The van der Waals surface area contributed by atoms with Crippen LogP contribution in [0.5, 0.6) is 5.88 Å². The minimum Gasteiger partial charge on any atom is -0.480 e. The number of hydrogen-bond acceptors (Lipinski definition) is 4. The lowest BCUT2D eigenvalue weighted by atomic mass is 10.2. The van der Waals surface area contributed by atoms with Gasteiger partial charge in [0.1, 0.15) is 5.56 Å². The number of anilines is 1. The van der Waals surface area contributed by atoms with E-state index in [1.54, 1.807) is 42.6 Å². The molecule has 2 N–H and O–H groups in total. The van der Waals surface area contributed by atoms with Gasteiger partial charge in [-0.05, 0) is 29.8 Å². The number of pyridine rings is 1. The fraction of sp³-hybridized carbons (Fsp3) is 0.143. The molecular weight excluding hydrogens is 244 g/mol. The molecule has 1 heterocycles. The summed E-state index contributed by atoms with van der Waals surface area (Å²) in [6.45, 7) is -0.0695. The third-order valence-electron chi connectivity index (χ3n) is 2.58. The molecule has 5 heteroatoms. The standard InChI is InChI=1S/C14H14N2O3/c1-19-14-12(6-3-7-15-14)13(18)16-11-5-2-4-10(8-11)9-17/h2-8,17H,9H2,1H3,(H,16,18). The molecule has 2 rings (SSSR count). The zero-order valence-corrected chi connectivity index (χ0v) is 10.5. The maximum Gasteiger partial charge on any atom is 0.261 e. The van der Waals surface area contributed by atoms with Crippen LogP contribution in [-0.4, -0.2) is 23.1 Å². The van der Waals surface area contributed by atoms with Gasteiger partial charge in [-0.25, -0.2) is 4.98 Å². The van der Waals surface area contributed by atoms with Crippen molar-refractivity contribution in [2.24, 2.45) is 0 Å². The van der Waals surface area contributed by atoms with Crippen LogP contribution in [0.25, 0.3) is 0 Å². The second-order valence-electron chi connectivity index (χ2n) is 3.87. The van der Waals surface area contributed by atoms with Gasteiger partial charge in [-0.2, -0.15) is 0 Å². The van der Waals surface area contributed by atoms with E-state index in [4.69, 9.17) is 9.84 Å². The summed E-state index contributed by atoms with van der Waals surface area (Å²) in [5.41, 5.74) is 1.71. The van der Waals surface area contributed by atoms with Crippen molar-refractivity contribution in [1.82, 2.24) is 4.98 Å². The summed E-state index contributed by atoms with van der Waals surface area (Å²) in [4.78, 5) is 16.1. The molecule has 5 nitrogen and oxygen atoms in total. The van der Waals surface area contributed by atoms with Gasteiger partial charge >= 0.3 is 0 Å². The maximum absolute atomic E-state index is 12.1. The molecule has 0 saturated carbocycles. The number of carbonyl (C=O) groups is 1. The van der Waals surface area contributed by atoms with Crippen LogP contribution >= 0.6 is 0 Å². The van der Waals surface area contributed by atoms with Crippen LogP contribution in [0.3, 0.4) is 0 Å². The van der Waals surface area contributed by atoms with E-state index in [0.29, 0.717) is 11.3 Å². The van der Waals surface area contributed by atoms with Crippen molar-refractivity contribution in [3.05, 3.63) is 53.7 Å². The number of methoxy groups -OCH3 is 1. The van der Waals surface area contributed by atoms with Crippen molar-refractivity contribution >= 4 is 11.6 Å². The Morgan fingerprint density at radius 2 is 2.21 bits per heavy atom. The van der Waals surface area contributed by atoms with Crippen molar-refractivity contribution in [3.8, 4) is 5.88 Å². The highest BCUT2D eigenvalue weighted by atomic mass is 16.5. The molecule has 1 aromatic carbocycles. The van der Waals surface area contributed by atoms with Crippen LogP contribution < -0.4 is 10.1 Å². The number of ether oxygens (including phenoxy) is 1.